The molecule has 0 radical (unpaired) electrons. The van der Waals surface area contributed by atoms with E-state index in [4.69, 9.17) is 21.4 Å². The Kier molecular flexibility index (Phi) is 8.21. The van der Waals surface area contributed by atoms with Crippen LogP contribution in [0.5, 0.6) is 5.75 Å². The van der Waals surface area contributed by atoms with Crippen molar-refractivity contribution in [2.24, 2.45) is 5.92 Å². The van der Waals surface area contributed by atoms with Crippen LogP contribution in [-0.4, -0.2) is 35.4 Å². The van der Waals surface area contributed by atoms with E-state index in [0.29, 0.717) is 35.6 Å². The van der Waals surface area contributed by atoms with E-state index in [1.54, 1.807) is 0 Å². The number of aliphatic carboxylic acids is 1. The fourth-order valence-corrected chi connectivity index (χ4v) is 5.75. The largest absolute Gasteiger partial charge is 0.490 e. The summed E-state index contributed by atoms with van der Waals surface area (Å²) in [4.78, 5) is 36.4. The van der Waals surface area contributed by atoms with Gasteiger partial charge in [-0.3, -0.25) is 14.4 Å². The number of ether oxygens (including phenoxy) is 1. The Balaban J connectivity index is 1.29. The zero-order valence-corrected chi connectivity index (χ0v) is 20.8. The van der Waals surface area contributed by atoms with Crippen molar-refractivity contribution in [1.82, 2.24) is 5.32 Å². The Bertz CT molecular complexity index is 1280. The van der Waals surface area contributed by atoms with Crippen LogP contribution in [0.15, 0.2) is 36.4 Å². The molecule has 1 aromatic heterocycles. The highest BCUT2D eigenvalue weighted by molar-refractivity contribution is 7.21. The molecule has 2 aromatic carbocycles. The van der Waals surface area contributed by atoms with E-state index >= 15 is 0 Å². The Labute approximate surface area is 215 Å². The molecule has 36 heavy (non-hydrogen) atoms. The lowest BCUT2D eigenvalue weighted by atomic mass is 9.87. The molecule has 1 aliphatic carbocycles. The monoisotopic (exact) mass is 535 g/mol. The third-order valence-electron chi connectivity index (χ3n) is 6.23. The van der Waals surface area contributed by atoms with Crippen molar-refractivity contribution in [3.8, 4) is 5.75 Å². The molecule has 1 amide bonds. The van der Waals surface area contributed by atoms with Crippen molar-refractivity contribution in [2.45, 2.75) is 44.6 Å². The lowest BCUT2D eigenvalue weighted by Gasteiger charge is -2.26. The molecule has 1 saturated carbocycles. The molecule has 2 N–H and O–H groups in total. The van der Waals surface area contributed by atoms with Crippen molar-refractivity contribution in [2.75, 3.05) is 6.54 Å². The first kappa shape index (κ1) is 26.0. The molecule has 1 heterocycles. The predicted molar refractivity (Wildman–Crippen MR) is 133 cm³/mol. The SMILES string of the molecule is O=C(NCCCC(=O)c1c(F)cc(OC2CCC(C(=O)O)CC2)cc1F)c1sc2ccccc2c1Cl. The average molecular weight is 536 g/mol. The third-order valence-corrected chi connectivity index (χ3v) is 7.90. The fourth-order valence-electron chi connectivity index (χ4n) is 4.32. The van der Waals surface area contributed by atoms with Crippen LogP contribution < -0.4 is 10.1 Å². The van der Waals surface area contributed by atoms with Gasteiger partial charge in [-0.2, -0.15) is 0 Å². The number of Topliss-reactive ketones (excluding diaryl/α,β-unsaturated/α-hetero) is 1. The highest BCUT2D eigenvalue weighted by Crippen LogP contribution is 2.35. The minimum absolute atomic E-state index is 0.0344. The summed E-state index contributed by atoms with van der Waals surface area (Å²) in [7, 11) is 0. The minimum Gasteiger partial charge on any atom is -0.490 e. The highest BCUT2D eigenvalue weighted by Gasteiger charge is 2.28. The number of thiophene rings is 1. The first-order chi connectivity index (χ1) is 17.2. The maximum atomic E-state index is 14.6. The first-order valence-electron chi connectivity index (χ1n) is 11.6. The van der Waals surface area contributed by atoms with Crippen LogP contribution in [0.3, 0.4) is 0 Å². The number of halogens is 3. The van der Waals surface area contributed by atoms with Crippen LogP contribution >= 0.6 is 22.9 Å². The maximum absolute atomic E-state index is 14.6. The fraction of sp³-hybridized carbons (Fsp3) is 0.346. The van der Waals surface area contributed by atoms with Crippen LogP contribution in [0.25, 0.3) is 10.1 Å². The van der Waals surface area contributed by atoms with E-state index in [1.807, 2.05) is 24.3 Å². The van der Waals surface area contributed by atoms with Crippen molar-refractivity contribution in [3.63, 3.8) is 0 Å². The quantitative estimate of drug-likeness (QED) is 0.250. The van der Waals surface area contributed by atoms with Crippen molar-refractivity contribution in [1.29, 1.82) is 0 Å². The molecule has 190 valence electrons. The number of hydrogen-bond donors (Lipinski definition) is 2. The number of nitrogens with one attached hydrogen (secondary N) is 1. The Morgan fingerprint density at radius 1 is 1.08 bits per heavy atom. The Hall–Kier alpha value is -3.04. The van der Waals surface area contributed by atoms with Gasteiger partial charge in [0.25, 0.3) is 5.91 Å². The van der Waals surface area contributed by atoms with Gasteiger partial charge in [-0.25, -0.2) is 8.78 Å². The number of carbonyl (C=O) groups is 3. The molecule has 0 bridgehead atoms. The molecule has 4 rings (SSSR count). The number of amides is 1. The second-order valence-corrected chi connectivity index (χ2v) is 10.1. The molecule has 0 spiro atoms. The zero-order valence-electron chi connectivity index (χ0n) is 19.2. The van der Waals surface area contributed by atoms with E-state index in [1.165, 1.54) is 11.3 Å². The van der Waals surface area contributed by atoms with E-state index in [-0.39, 0.29) is 37.1 Å². The molecule has 0 unspecified atom stereocenters. The number of fused-ring (bicyclic) bond motifs is 1. The molecular formula is C26H24ClF2NO5S. The second-order valence-electron chi connectivity index (χ2n) is 8.72. The summed E-state index contributed by atoms with van der Waals surface area (Å²) in [6.45, 7) is 0.137. The van der Waals surface area contributed by atoms with E-state index in [9.17, 15) is 23.2 Å². The number of carboxylic acids is 1. The number of hydrogen-bond acceptors (Lipinski definition) is 5. The molecule has 6 nitrogen and oxygen atoms in total. The molecule has 1 fully saturated rings. The molecule has 10 heteroatoms. The van der Waals surface area contributed by atoms with Gasteiger partial charge >= 0.3 is 5.97 Å². The number of ketones is 1. The lowest BCUT2D eigenvalue weighted by molar-refractivity contribution is -0.143. The molecule has 0 saturated heterocycles. The zero-order chi connectivity index (χ0) is 25.8. The van der Waals surface area contributed by atoms with Crippen molar-refractivity contribution in [3.05, 3.63) is 63.5 Å². The van der Waals surface area contributed by atoms with Crippen LogP contribution in [0.1, 0.15) is 58.6 Å². The molecule has 0 aliphatic heterocycles. The van der Waals surface area contributed by atoms with Crippen LogP contribution in [0, 0.1) is 17.6 Å². The second kappa shape index (κ2) is 11.3. The molecule has 3 aromatic rings. The van der Waals surface area contributed by atoms with Gasteiger partial charge in [-0.05, 0) is 38.2 Å². The summed E-state index contributed by atoms with van der Waals surface area (Å²) in [6, 6.07) is 9.33. The van der Waals surface area contributed by atoms with Crippen LogP contribution in [-0.2, 0) is 4.79 Å². The van der Waals surface area contributed by atoms with Gasteiger partial charge in [0.2, 0.25) is 0 Å². The van der Waals surface area contributed by atoms with E-state index in [0.717, 1.165) is 22.2 Å². The summed E-state index contributed by atoms with van der Waals surface area (Å²) in [5.74, 6) is -4.43. The number of benzene rings is 2. The van der Waals surface area contributed by atoms with Gasteiger partial charge in [0, 0.05) is 35.2 Å². The third kappa shape index (κ3) is 5.84. The Morgan fingerprint density at radius 3 is 2.39 bits per heavy atom. The molecule has 0 atom stereocenters. The first-order valence-corrected chi connectivity index (χ1v) is 12.8. The molecular weight excluding hydrogens is 512 g/mol. The van der Waals surface area contributed by atoms with Crippen molar-refractivity contribution >= 4 is 50.7 Å². The van der Waals surface area contributed by atoms with Crippen LogP contribution in [0.2, 0.25) is 5.02 Å². The highest BCUT2D eigenvalue weighted by atomic mass is 35.5. The number of carboxylic acid groups (broad SMARTS) is 1. The maximum Gasteiger partial charge on any atom is 0.306 e. The van der Waals surface area contributed by atoms with E-state index < -0.39 is 34.9 Å². The van der Waals surface area contributed by atoms with Gasteiger partial charge in [0.15, 0.2) is 5.78 Å². The average Bonchev–Trinajstić information content (AvgIpc) is 3.18. The smallest absolute Gasteiger partial charge is 0.306 e. The number of carbonyl (C=O) groups excluding carboxylic acids is 2. The number of rotatable bonds is 9. The van der Waals surface area contributed by atoms with Crippen molar-refractivity contribution < 1.29 is 33.0 Å². The summed E-state index contributed by atoms with van der Waals surface area (Å²) >= 11 is 7.57. The van der Waals surface area contributed by atoms with Gasteiger partial charge in [0.05, 0.1) is 22.6 Å². The standard InChI is InChI=1S/C26H24ClF2NO5S/c27-23-17-4-1-2-6-21(17)36-24(23)25(32)30-11-3-5-20(31)22-18(28)12-16(13-19(22)29)35-15-9-7-14(8-10-15)26(33)34/h1-2,4,6,12-15H,3,5,7-11H2,(H,30,32)(H,33,34). The van der Waals surface area contributed by atoms with E-state index in [2.05, 4.69) is 5.32 Å². The van der Waals surface area contributed by atoms with Gasteiger partial charge < -0.3 is 15.2 Å². The predicted octanol–water partition coefficient (Wildman–Crippen LogP) is 6.25. The van der Waals surface area contributed by atoms with Gasteiger partial charge in [-0.1, -0.05) is 29.8 Å². The minimum atomic E-state index is -1.02. The summed E-state index contributed by atoms with van der Waals surface area (Å²) in [5.41, 5.74) is -0.643. The molecule has 1 aliphatic rings. The van der Waals surface area contributed by atoms with Crippen LogP contribution in [0.4, 0.5) is 8.78 Å². The summed E-state index contributed by atoms with van der Waals surface area (Å²) in [5, 5.41) is 12.9. The lowest BCUT2D eigenvalue weighted by Crippen LogP contribution is -2.28. The summed E-state index contributed by atoms with van der Waals surface area (Å²) < 4.78 is 35.7. The Morgan fingerprint density at radius 2 is 1.75 bits per heavy atom. The normalized spacial score (nSPS) is 17.6. The van der Waals surface area contributed by atoms with Gasteiger partial charge in [0.1, 0.15) is 22.3 Å². The summed E-state index contributed by atoms with van der Waals surface area (Å²) in [6.07, 6.45) is 1.52. The van der Waals surface area contributed by atoms with Gasteiger partial charge in [-0.15, -0.1) is 11.3 Å². The topological polar surface area (TPSA) is 92.7 Å².